The van der Waals surface area contributed by atoms with Gasteiger partial charge in [-0.1, -0.05) is 0 Å². The van der Waals surface area contributed by atoms with Gasteiger partial charge in [-0.2, -0.15) is 0 Å². The lowest BCUT2D eigenvalue weighted by Gasteiger charge is -2.34. The van der Waals surface area contributed by atoms with Crippen molar-refractivity contribution < 1.29 is 5.11 Å². The van der Waals surface area contributed by atoms with Gasteiger partial charge in [0.15, 0.2) is 0 Å². The highest BCUT2D eigenvalue weighted by atomic mass is 16.3. The van der Waals surface area contributed by atoms with E-state index in [1.165, 1.54) is 5.56 Å². The molecule has 1 aromatic rings. The van der Waals surface area contributed by atoms with E-state index < -0.39 is 0 Å². The van der Waals surface area contributed by atoms with E-state index in [9.17, 15) is 5.11 Å². The quantitative estimate of drug-likeness (QED) is 0.822. The van der Waals surface area contributed by atoms with Crippen LogP contribution in [0.1, 0.15) is 24.0 Å². The number of hydrogen-bond donors (Lipinski definition) is 2. The molecule has 1 aromatic heterocycles. The van der Waals surface area contributed by atoms with Gasteiger partial charge in [0.05, 0.1) is 0 Å². The summed E-state index contributed by atoms with van der Waals surface area (Å²) in [6.45, 7) is 4.76. The molecule has 1 aliphatic rings. The van der Waals surface area contributed by atoms with E-state index in [0.29, 0.717) is 12.5 Å². The van der Waals surface area contributed by atoms with Crippen LogP contribution in [-0.4, -0.2) is 29.8 Å². The largest absolute Gasteiger partial charge is 0.396 e. The van der Waals surface area contributed by atoms with E-state index in [-0.39, 0.29) is 6.61 Å². The first-order valence-electron chi connectivity index (χ1n) is 6.26. The third-order valence-electron chi connectivity index (χ3n) is 3.55. The first kappa shape index (κ1) is 12.3. The van der Waals surface area contributed by atoms with Crippen LogP contribution in [0.25, 0.3) is 0 Å². The molecule has 0 amide bonds. The number of nitrogens with two attached hydrogens (primary N) is 1. The van der Waals surface area contributed by atoms with E-state index in [4.69, 9.17) is 5.73 Å². The normalized spacial score (nSPS) is 20.6. The molecule has 0 aromatic carbocycles. The Balaban J connectivity index is 2.24. The predicted octanol–water partition coefficient (Wildman–Crippen LogP) is 1.06. The molecule has 2 heterocycles. The van der Waals surface area contributed by atoms with Crippen LogP contribution in [0.2, 0.25) is 0 Å². The van der Waals surface area contributed by atoms with E-state index >= 15 is 0 Å². The molecule has 1 saturated heterocycles. The van der Waals surface area contributed by atoms with Gasteiger partial charge in [0.2, 0.25) is 0 Å². The number of pyridine rings is 1. The number of hydrogen-bond acceptors (Lipinski definition) is 4. The van der Waals surface area contributed by atoms with Crippen LogP contribution >= 0.6 is 0 Å². The highest BCUT2D eigenvalue weighted by molar-refractivity contribution is 5.50. The maximum Gasteiger partial charge on any atom is 0.133 e. The number of aliphatic hydroxyl groups excluding tert-OH is 1. The topological polar surface area (TPSA) is 62.4 Å². The minimum Gasteiger partial charge on any atom is -0.396 e. The second-order valence-electron chi connectivity index (χ2n) is 4.77. The van der Waals surface area contributed by atoms with Gasteiger partial charge in [0.1, 0.15) is 5.82 Å². The molecular formula is C13H21N3O. The first-order valence-corrected chi connectivity index (χ1v) is 6.26. The average molecular weight is 235 g/mol. The summed E-state index contributed by atoms with van der Waals surface area (Å²) in [6, 6.07) is 2.00. The van der Waals surface area contributed by atoms with Crippen molar-refractivity contribution in [2.24, 2.45) is 11.7 Å². The molecule has 2 rings (SSSR count). The second-order valence-corrected chi connectivity index (χ2v) is 4.77. The second kappa shape index (κ2) is 5.47. The molecule has 0 saturated carbocycles. The predicted molar refractivity (Wildman–Crippen MR) is 68.9 cm³/mol. The molecule has 3 N–H and O–H groups in total. The SMILES string of the molecule is Cc1ccnc(N2CCCC(CO)C2)c1CN. The number of aromatic nitrogens is 1. The minimum absolute atomic E-state index is 0.264. The molecule has 17 heavy (non-hydrogen) atoms. The highest BCUT2D eigenvalue weighted by Gasteiger charge is 2.22. The van der Waals surface area contributed by atoms with Gasteiger partial charge >= 0.3 is 0 Å². The Morgan fingerprint density at radius 2 is 2.41 bits per heavy atom. The Labute approximate surface area is 102 Å². The van der Waals surface area contributed by atoms with Crippen molar-refractivity contribution in [1.82, 2.24) is 4.98 Å². The number of aliphatic hydroxyl groups is 1. The number of anilines is 1. The number of rotatable bonds is 3. The van der Waals surface area contributed by atoms with E-state index in [1.54, 1.807) is 0 Å². The van der Waals surface area contributed by atoms with Gasteiger partial charge in [0, 0.05) is 38.0 Å². The molecule has 0 spiro atoms. The zero-order chi connectivity index (χ0) is 12.3. The van der Waals surface area contributed by atoms with Crippen molar-refractivity contribution >= 4 is 5.82 Å². The smallest absolute Gasteiger partial charge is 0.133 e. The molecule has 0 aliphatic carbocycles. The summed E-state index contributed by atoms with van der Waals surface area (Å²) < 4.78 is 0. The number of nitrogens with zero attached hydrogens (tertiary/aromatic N) is 2. The molecule has 1 aliphatic heterocycles. The van der Waals surface area contributed by atoms with Crippen LogP contribution in [0.3, 0.4) is 0 Å². The standard InChI is InChI=1S/C13H21N3O/c1-10-4-5-15-13(12(10)7-14)16-6-2-3-11(8-16)9-17/h4-5,11,17H,2-3,6-9,14H2,1H3. The lowest BCUT2D eigenvalue weighted by Crippen LogP contribution is -2.38. The summed E-state index contributed by atoms with van der Waals surface area (Å²) in [7, 11) is 0. The van der Waals surface area contributed by atoms with Gasteiger partial charge in [-0.15, -0.1) is 0 Å². The van der Waals surface area contributed by atoms with Crippen molar-refractivity contribution in [3.8, 4) is 0 Å². The molecule has 4 nitrogen and oxygen atoms in total. The van der Waals surface area contributed by atoms with Gasteiger partial charge in [-0.3, -0.25) is 0 Å². The Morgan fingerprint density at radius 1 is 1.59 bits per heavy atom. The maximum absolute atomic E-state index is 9.27. The highest BCUT2D eigenvalue weighted by Crippen LogP contribution is 2.25. The van der Waals surface area contributed by atoms with Gasteiger partial charge < -0.3 is 15.7 Å². The summed E-state index contributed by atoms with van der Waals surface area (Å²) in [4.78, 5) is 6.73. The van der Waals surface area contributed by atoms with Crippen molar-refractivity contribution in [1.29, 1.82) is 0 Å². The molecule has 1 fully saturated rings. The van der Waals surface area contributed by atoms with E-state index in [1.807, 2.05) is 12.3 Å². The van der Waals surface area contributed by atoms with Crippen LogP contribution in [0, 0.1) is 12.8 Å². The van der Waals surface area contributed by atoms with Crippen molar-refractivity contribution in [3.05, 3.63) is 23.4 Å². The lowest BCUT2D eigenvalue weighted by atomic mass is 9.98. The van der Waals surface area contributed by atoms with Gasteiger partial charge in [-0.25, -0.2) is 4.98 Å². The van der Waals surface area contributed by atoms with Crippen molar-refractivity contribution in [2.75, 3.05) is 24.6 Å². The Bertz CT molecular complexity index is 381. The molecule has 1 atom stereocenters. The fourth-order valence-electron chi connectivity index (χ4n) is 2.51. The first-order chi connectivity index (χ1) is 8.26. The Morgan fingerprint density at radius 3 is 3.12 bits per heavy atom. The van der Waals surface area contributed by atoms with E-state index in [0.717, 1.165) is 37.3 Å². The zero-order valence-corrected chi connectivity index (χ0v) is 10.4. The van der Waals surface area contributed by atoms with Crippen LogP contribution in [0.15, 0.2) is 12.3 Å². The summed E-state index contributed by atoms with van der Waals surface area (Å²) in [6.07, 6.45) is 4.06. The van der Waals surface area contributed by atoms with Gasteiger partial charge in [0.25, 0.3) is 0 Å². The summed E-state index contributed by atoms with van der Waals surface area (Å²) in [5.41, 5.74) is 8.14. The third kappa shape index (κ3) is 2.58. The van der Waals surface area contributed by atoms with Crippen molar-refractivity contribution in [3.63, 3.8) is 0 Å². The summed E-state index contributed by atoms with van der Waals surface area (Å²) in [5.74, 6) is 1.38. The Hall–Kier alpha value is -1.13. The molecule has 0 radical (unpaired) electrons. The summed E-state index contributed by atoms with van der Waals surface area (Å²) in [5, 5.41) is 9.27. The zero-order valence-electron chi connectivity index (χ0n) is 10.4. The van der Waals surface area contributed by atoms with Gasteiger partial charge in [-0.05, 0) is 37.3 Å². The van der Waals surface area contributed by atoms with Crippen LogP contribution in [0.4, 0.5) is 5.82 Å². The molecule has 0 bridgehead atoms. The molecule has 94 valence electrons. The number of aryl methyl sites for hydroxylation is 1. The van der Waals surface area contributed by atoms with Crippen LogP contribution in [0.5, 0.6) is 0 Å². The average Bonchev–Trinajstić information content (AvgIpc) is 2.38. The minimum atomic E-state index is 0.264. The lowest BCUT2D eigenvalue weighted by molar-refractivity contribution is 0.208. The molecule has 1 unspecified atom stereocenters. The third-order valence-corrected chi connectivity index (χ3v) is 3.55. The van der Waals surface area contributed by atoms with Crippen molar-refractivity contribution in [2.45, 2.75) is 26.3 Å². The van der Waals surface area contributed by atoms with Crippen LogP contribution in [-0.2, 0) is 6.54 Å². The monoisotopic (exact) mass is 235 g/mol. The number of piperidine rings is 1. The maximum atomic E-state index is 9.27. The van der Waals surface area contributed by atoms with Crippen LogP contribution < -0.4 is 10.6 Å². The van der Waals surface area contributed by atoms with E-state index in [2.05, 4.69) is 16.8 Å². The molecular weight excluding hydrogens is 214 g/mol. The fourth-order valence-corrected chi connectivity index (χ4v) is 2.51. The fraction of sp³-hybridized carbons (Fsp3) is 0.615. The Kier molecular flexibility index (Phi) is 3.97. The summed E-state index contributed by atoms with van der Waals surface area (Å²) >= 11 is 0. The molecule has 4 heteroatoms.